The molecule has 1 amide bonds. The van der Waals surface area contributed by atoms with Gasteiger partial charge in [-0.05, 0) is 32.9 Å². The second kappa shape index (κ2) is 8.65. The summed E-state index contributed by atoms with van der Waals surface area (Å²) in [7, 11) is 0. The molecule has 31 heavy (non-hydrogen) atoms. The number of amides is 1. The Bertz CT molecular complexity index is 1210. The van der Waals surface area contributed by atoms with Crippen LogP contribution in [0.1, 0.15) is 16.8 Å². The number of rotatable bonds is 6. The van der Waals surface area contributed by atoms with Gasteiger partial charge in [0, 0.05) is 11.6 Å². The molecular weight excluding hydrogens is 410 g/mol. The van der Waals surface area contributed by atoms with Crippen LogP contribution in [0.4, 0.5) is 5.82 Å². The highest BCUT2D eigenvalue weighted by Gasteiger charge is 2.15. The van der Waals surface area contributed by atoms with Gasteiger partial charge in [0.15, 0.2) is 5.82 Å². The van der Waals surface area contributed by atoms with Gasteiger partial charge in [-0.1, -0.05) is 59.3 Å². The topological polar surface area (TPSA) is 104 Å². The van der Waals surface area contributed by atoms with Crippen LogP contribution in [-0.4, -0.2) is 36.3 Å². The van der Waals surface area contributed by atoms with Crippen LogP contribution in [0.5, 0.6) is 0 Å². The number of carbonyl (C=O) groups excluding carboxylic acids is 1. The molecule has 158 valence electrons. The molecule has 2 heterocycles. The van der Waals surface area contributed by atoms with Crippen molar-refractivity contribution in [3.63, 3.8) is 0 Å². The number of anilines is 1. The van der Waals surface area contributed by atoms with Gasteiger partial charge < -0.3 is 11.2 Å². The average Bonchev–Trinajstić information content (AvgIpc) is 3.30. The molecule has 0 atom stereocenters. The summed E-state index contributed by atoms with van der Waals surface area (Å²) in [6.45, 7) is 5.93. The number of nitrogens with two attached hydrogens (primary N) is 1. The molecule has 4 aromatic rings. The van der Waals surface area contributed by atoms with E-state index in [0.717, 1.165) is 28.1 Å². The minimum atomic E-state index is -0.182. The third kappa shape index (κ3) is 4.61. The van der Waals surface area contributed by atoms with Gasteiger partial charge in [-0.3, -0.25) is 4.79 Å². The van der Waals surface area contributed by atoms with Gasteiger partial charge in [-0.2, -0.15) is 5.10 Å². The van der Waals surface area contributed by atoms with E-state index in [9.17, 15) is 4.79 Å². The average molecular weight is 434 g/mol. The lowest BCUT2D eigenvalue weighted by Crippen LogP contribution is -2.18. The summed E-state index contributed by atoms with van der Waals surface area (Å²) in [5.41, 5.74) is 4.87. The Labute approximate surface area is 184 Å². The largest absolute Gasteiger partial charge is 0.335 e. The molecule has 4 rings (SSSR count). The normalized spacial score (nSPS) is 10.9. The van der Waals surface area contributed by atoms with Gasteiger partial charge >= 0.3 is 0 Å². The van der Waals surface area contributed by atoms with Crippen molar-refractivity contribution in [2.75, 3.05) is 16.9 Å². The van der Waals surface area contributed by atoms with E-state index >= 15 is 0 Å². The molecule has 0 aliphatic heterocycles. The summed E-state index contributed by atoms with van der Waals surface area (Å²) in [5.74, 6) is 7.28. The Kier molecular flexibility index (Phi) is 5.77. The van der Waals surface area contributed by atoms with Crippen LogP contribution in [0, 0.1) is 20.8 Å². The highest BCUT2D eigenvalue weighted by molar-refractivity contribution is 7.99. The van der Waals surface area contributed by atoms with Crippen molar-refractivity contribution in [3.05, 3.63) is 71.4 Å². The van der Waals surface area contributed by atoms with E-state index in [-0.39, 0.29) is 11.7 Å². The Morgan fingerprint density at radius 1 is 1.00 bits per heavy atom. The van der Waals surface area contributed by atoms with Crippen LogP contribution in [0.25, 0.3) is 17.1 Å². The van der Waals surface area contributed by atoms with Crippen molar-refractivity contribution in [1.82, 2.24) is 24.7 Å². The Balaban J connectivity index is 1.44. The van der Waals surface area contributed by atoms with Crippen LogP contribution in [0.2, 0.25) is 0 Å². The number of nitrogens with zero attached hydrogens (tertiary/aromatic N) is 5. The minimum Gasteiger partial charge on any atom is -0.335 e. The van der Waals surface area contributed by atoms with Crippen molar-refractivity contribution in [3.8, 4) is 17.1 Å². The van der Waals surface area contributed by atoms with Crippen molar-refractivity contribution in [2.24, 2.45) is 0 Å². The van der Waals surface area contributed by atoms with Gasteiger partial charge in [0.1, 0.15) is 5.82 Å². The number of thioether (sulfide) groups is 1. The monoisotopic (exact) mass is 433 g/mol. The van der Waals surface area contributed by atoms with Gasteiger partial charge in [0.05, 0.1) is 17.1 Å². The zero-order valence-electron chi connectivity index (χ0n) is 17.5. The molecular formula is C22H23N7OS. The Hall–Kier alpha value is -3.59. The van der Waals surface area contributed by atoms with Gasteiger partial charge in [-0.15, -0.1) is 10.2 Å². The molecule has 0 fully saturated rings. The first-order valence-electron chi connectivity index (χ1n) is 9.74. The number of benzene rings is 2. The molecule has 3 N–H and O–H groups in total. The van der Waals surface area contributed by atoms with Gasteiger partial charge in [0.2, 0.25) is 11.1 Å². The van der Waals surface area contributed by atoms with E-state index in [1.807, 2.05) is 75.4 Å². The summed E-state index contributed by atoms with van der Waals surface area (Å²) in [4.78, 5) is 12.6. The number of nitrogens with one attached hydrogen (secondary N) is 1. The highest BCUT2D eigenvalue weighted by Crippen LogP contribution is 2.23. The van der Waals surface area contributed by atoms with Crippen LogP contribution in [0.3, 0.4) is 0 Å². The summed E-state index contributed by atoms with van der Waals surface area (Å²) in [6.07, 6.45) is 0. The molecule has 2 aromatic heterocycles. The van der Waals surface area contributed by atoms with Crippen molar-refractivity contribution in [2.45, 2.75) is 25.9 Å². The molecule has 0 bridgehead atoms. The van der Waals surface area contributed by atoms with Crippen LogP contribution >= 0.6 is 11.8 Å². The number of aromatic nitrogens is 5. The zero-order valence-corrected chi connectivity index (χ0v) is 18.3. The van der Waals surface area contributed by atoms with E-state index in [1.165, 1.54) is 16.4 Å². The van der Waals surface area contributed by atoms with E-state index < -0.39 is 0 Å². The molecule has 9 heteroatoms. The highest BCUT2D eigenvalue weighted by atomic mass is 32.2. The van der Waals surface area contributed by atoms with Crippen molar-refractivity contribution in [1.29, 1.82) is 0 Å². The SMILES string of the molecule is Cc1ccc(-c2nnc(SCC(=O)Nc3cc(C)nn3-c3ccc(C)cc3)n2N)cc1. The number of hydrogen-bond donors (Lipinski definition) is 2. The molecule has 2 aromatic carbocycles. The number of nitrogen functional groups attached to an aromatic ring is 1. The van der Waals surface area contributed by atoms with Crippen molar-refractivity contribution < 1.29 is 4.79 Å². The first-order chi connectivity index (χ1) is 14.9. The molecule has 0 saturated carbocycles. The third-order valence-corrected chi connectivity index (χ3v) is 5.63. The lowest BCUT2D eigenvalue weighted by molar-refractivity contribution is -0.113. The fourth-order valence-corrected chi connectivity index (χ4v) is 3.71. The quantitative estimate of drug-likeness (QED) is 0.356. The third-order valence-electron chi connectivity index (χ3n) is 4.68. The molecule has 0 spiro atoms. The molecule has 0 aliphatic rings. The number of aryl methyl sites for hydroxylation is 3. The Morgan fingerprint density at radius 2 is 1.65 bits per heavy atom. The summed E-state index contributed by atoms with van der Waals surface area (Å²) >= 11 is 1.23. The maximum atomic E-state index is 12.6. The van der Waals surface area contributed by atoms with Gasteiger partial charge in [0.25, 0.3) is 0 Å². The van der Waals surface area contributed by atoms with E-state index in [4.69, 9.17) is 5.84 Å². The van der Waals surface area contributed by atoms with E-state index in [1.54, 1.807) is 4.68 Å². The fourth-order valence-electron chi connectivity index (χ4n) is 3.06. The number of hydrogen-bond acceptors (Lipinski definition) is 6. The summed E-state index contributed by atoms with van der Waals surface area (Å²) < 4.78 is 3.13. The maximum Gasteiger partial charge on any atom is 0.236 e. The molecule has 0 aliphatic carbocycles. The fraction of sp³-hybridized carbons (Fsp3) is 0.182. The zero-order chi connectivity index (χ0) is 22.0. The predicted molar refractivity (Wildman–Crippen MR) is 123 cm³/mol. The first-order valence-corrected chi connectivity index (χ1v) is 10.7. The lowest BCUT2D eigenvalue weighted by Gasteiger charge is -2.09. The lowest BCUT2D eigenvalue weighted by atomic mass is 10.1. The first kappa shape index (κ1) is 20.7. The summed E-state index contributed by atoms with van der Waals surface area (Å²) in [6, 6.07) is 17.7. The predicted octanol–water partition coefficient (Wildman–Crippen LogP) is 3.50. The van der Waals surface area contributed by atoms with E-state index in [2.05, 4.69) is 20.6 Å². The maximum absolute atomic E-state index is 12.6. The number of carbonyl (C=O) groups is 1. The molecule has 8 nitrogen and oxygen atoms in total. The standard InChI is InChI=1S/C22H23N7OS/c1-14-4-8-17(9-5-14)21-25-26-22(28(21)23)31-13-20(30)24-19-12-16(3)27-29(19)18-10-6-15(2)7-11-18/h4-12H,13,23H2,1-3H3,(H,24,30). The second-order valence-electron chi connectivity index (χ2n) is 7.30. The van der Waals surface area contributed by atoms with E-state index in [0.29, 0.717) is 16.8 Å². The van der Waals surface area contributed by atoms with Crippen molar-refractivity contribution >= 4 is 23.5 Å². The van der Waals surface area contributed by atoms with Crippen LogP contribution in [-0.2, 0) is 4.79 Å². The Morgan fingerprint density at radius 3 is 2.32 bits per heavy atom. The van der Waals surface area contributed by atoms with Crippen LogP contribution in [0.15, 0.2) is 59.8 Å². The summed E-state index contributed by atoms with van der Waals surface area (Å²) in [5, 5.41) is 16.2. The molecule has 0 saturated heterocycles. The smallest absolute Gasteiger partial charge is 0.236 e. The van der Waals surface area contributed by atoms with Crippen LogP contribution < -0.4 is 11.2 Å². The second-order valence-corrected chi connectivity index (χ2v) is 8.24. The van der Waals surface area contributed by atoms with Gasteiger partial charge in [-0.25, -0.2) is 9.36 Å². The molecule has 0 radical (unpaired) electrons. The molecule has 0 unspecified atom stereocenters. The minimum absolute atomic E-state index is 0.140.